The molecule has 1 aromatic carbocycles. The minimum atomic E-state index is -0.342. The molecule has 1 heterocycles. The van der Waals surface area contributed by atoms with Crippen molar-refractivity contribution >= 4 is 28.1 Å². The van der Waals surface area contributed by atoms with Gasteiger partial charge in [-0.15, -0.1) is 0 Å². The molecule has 1 amide bonds. The number of halogens is 1. The molecule has 1 N–H and O–H groups in total. The van der Waals surface area contributed by atoms with Crippen molar-refractivity contribution in [1.82, 2.24) is 5.43 Å². The van der Waals surface area contributed by atoms with Gasteiger partial charge in [0.2, 0.25) is 0 Å². The van der Waals surface area contributed by atoms with Crippen LogP contribution in [0.3, 0.4) is 0 Å². The summed E-state index contributed by atoms with van der Waals surface area (Å²) < 4.78 is 11.6. The number of hydrogen-bond acceptors (Lipinski definition) is 4. The molecule has 0 fully saturated rings. The molecule has 0 atom stereocenters. The van der Waals surface area contributed by atoms with E-state index in [-0.39, 0.29) is 12.5 Å². The van der Waals surface area contributed by atoms with Gasteiger partial charge in [0, 0.05) is 0 Å². The average molecular weight is 365 g/mol. The largest absolute Gasteiger partial charge is 0.483 e. The summed E-state index contributed by atoms with van der Waals surface area (Å²) in [4.78, 5) is 11.7. The Hall–Kier alpha value is -2.08. The Morgan fingerprint density at radius 3 is 2.86 bits per heavy atom. The quantitative estimate of drug-likeness (QED) is 0.630. The fraction of sp³-hybridized carbons (Fsp3) is 0.250. The topological polar surface area (TPSA) is 63.8 Å². The van der Waals surface area contributed by atoms with Gasteiger partial charge in [-0.1, -0.05) is 13.0 Å². The van der Waals surface area contributed by atoms with Gasteiger partial charge in [-0.2, -0.15) is 5.10 Å². The number of benzene rings is 1. The van der Waals surface area contributed by atoms with E-state index in [1.165, 1.54) is 11.8 Å². The summed E-state index contributed by atoms with van der Waals surface area (Å²) in [5.41, 5.74) is 3.58. The molecular formula is C16H17BrN2O3. The lowest BCUT2D eigenvalue weighted by atomic mass is 10.2. The highest BCUT2D eigenvalue weighted by molar-refractivity contribution is 9.10. The molecule has 116 valence electrons. The summed E-state index contributed by atoms with van der Waals surface area (Å²) in [6.07, 6.45) is 2.39. The second kappa shape index (κ2) is 7.79. The number of hydrazone groups is 1. The molecule has 2 rings (SSSR count). The lowest BCUT2D eigenvalue weighted by Gasteiger charge is -2.08. The van der Waals surface area contributed by atoms with Gasteiger partial charge >= 0.3 is 0 Å². The fourth-order valence-corrected chi connectivity index (χ4v) is 2.29. The van der Waals surface area contributed by atoms with Crippen LogP contribution in [-0.2, 0) is 11.2 Å². The zero-order valence-corrected chi connectivity index (χ0v) is 14.0. The van der Waals surface area contributed by atoms with Crippen LogP contribution >= 0.6 is 15.9 Å². The molecule has 0 aliphatic rings. The maximum Gasteiger partial charge on any atom is 0.277 e. The average Bonchev–Trinajstić information content (AvgIpc) is 2.91. The first-order chi connectivity index (χ1) is 10.6. The smallest absolute Gasteiger partial charge is 0.277 e. The maximum atomic E-state index is 11.7. The van der Waals surface area contributed by atoms with E-state index in [1.807, 2.05) is 31.2 Å². The second-order valence-corrected chi connectivity index (χ2v) is 5.50. The van der Waals surface area contributed by atoms with E-state index in [2.05, 4.69) is 33.4 Å². The number of nitrogens with zero attached hydrogens (tertiary/aromatic N) is 1. The minimum Gasteiger partial charge on any atom is -0.483 e. The molecule has 0 spiro atoms. The van der Waals surface area contributed by atoms with Crippen LogP contribution in [0.1, 0.15) is 24.0 Å². The predicted molar refractivity (Wildman–Crippen MR) is 88.2 cm³/mol. The first-order valence-electron chi connectivity index (χ1n) is 6.88. The van der Waals surface area contributed by atoms with Crippen LogP contribution in [0.15, 0.2) is 44.3 Å². The molecule has 1 aromatic heterocycles. The molecular weight excluding hydrogens is 348 g/mol. The first kappa shape index (κ1) is 16.3. The Morgan fingerprint density at radius 1 is 1.41 bits per heavy atom. The zero-order chi connectivity index (χ0) is 15.9. The summed E-state index contributed by atoms with van der Waals surface area (Å²) in [7, 11) is 0. The van der Waals surface area contributed by atoms with E-state index in [0.29, 0.717) is 11.5 Å². The number of carbonyl (C=O) groups is 1. The molecule has 6 heteroatoms. The number of furan rings is 1. The van der Waals surface area contributed by atoms with Crippen molar-refractivity contribution in [2.24, 2.45) is 5.10 Å². The van der Waals surface area contributed by atoms with Gasteiger partial charge in [-0.25, -0.2) is 5.43 Å². The number of rotatable bonds is 6. The maximum absolute atomic E-state index is 11.7. The lowest BCUT2D eigenvalue weighted by molar-refractivity contribution is -0.123. The molecule has 0 saturated heterocycles. The highest BCUT2D eigenvalue weighted by Crippen LogP contribution is 2.26. The van der Waals surface area contributed by atoms with Crippen LogP contribution in [0, 0.1) is 6.92 Å². The zero-order valence-electron chi connectivity index (χ0n) is 12.4. The Kier molecular flexibility index (Phi) is 5.77. The van der Waals surface area contributed by atoms with Crippen molar-refractivity contribution in [3.8, 4) is 5.75 Å². The fourth-order valence-electron chi connectivity index (χ4n) is 1.75. The van der Waals surface area contributed by atoms with Crippen LogP contribution in [0.25, 0.3) is 0 Å². The molecule has 0 radical (unpaired) electrons. The summed E-state index contributed by atoms with van der Waals surface area (Å²) >= 11 is 3.42. The van der Waals surface area contributed by atoms with Gasteiger partial charge in [0.15, 0.2) is 6.61 Å². The van der Waals surface area contributed by atoms with Gasteiger partial charge in [-0.3, -0.25) is 4.79 Å². The van der Waals surface area contributed by atoms with Crippen molar-refractivity contribution in [3.05, 3.63) is 51.9 Å². The van der Waals surface area contributed by atoms with Crippen molar-refractivity contribution in [3.63, 3.8) is 0 Å². The first-order valence-corrected chi connectivity index (χ1v) is 7.67. The van der Waals surface area contributed by atoms with Crippen molar-refractivity contribution in [1.29, 1.82) is 0 Å². The summed E-state index contributed by atoms with van der Waals surface area (Å²) in [5, 5.41) is 3.81. The molecule has 5 nitrogen and oxygen atoms in total. The minimum absolute atomic E-state index is 0.113. The number of carbonyl (C=O) groups excluding carboxylic acids is 1. The molecule has 0 aliphatic carbocycles. The Morgan fingerprint density at radius 2 is 2.23 bits per heavy atom. The number of nitrogens with one attached hydrogen (secondary N) is 1. The molecule has 22 heavy (non-hydrogen) atoms. The van der Waals surface area contributed by atoms with E-state index < -0.39 is 0 Å². The number of amides is 1. The third kappa shape index (κ3) is 4.73. The Bertz CT molecular complexity index is 680. The summed E-state index contributed by atoms with van der Waals surface area (Å²) in [5.74, 6) is 1.65. The molecule has 0 saturated carbocycles. The SMILES string of the molecule is CCc1ccc(OCC(=O)NN=Cc2ccc(C)o2)c(Br)c1. The Balaban J connectivity index is 1.81. The van der Waals surface area contributed by atoms with E-state index in [4.69, 9.17) is 9.15 Å². The second-order valence-electron chi connectivity index (χ2n) is 4.65. The van der Waals surface area contributed by atoms with Gasteiger partial charge in [0.1, 0.15) is 17.3 Å². The van der Waals surface area contributed by atoms with Crippen molar-refractivity contribution < 1.29 is 13.9 Å². The number of ether oxygens (including phenoxy) is 1. The molecule has 0 bridgehead atoms. The van der Waals surface area contributed by atoms with Crippen molar-refractivity contribution in [2.45, 2.75) is 20.3 Å². The van der Waals surface area contributed by atoms with Crippen LogP contribution in [0.2, 0.25) is 0 Å². The monoisotopic (exact) mass is 364 g/mol. The Labute approximate surface area is 137 Å². The number of hydrogen-bond donors (Lipinski definition) is 1. The summed E-state index contributed by atoms with van der Waals surface area (Å²) in [6.45, 7) is 3.80. The summed E-state index contributed by atoms with van der Waals surface area (Å²) in [6, 6.07) is 9.38. The van der Waals surface area contributed by atoms with Crippen molar-refractivity contribution in [2.75, 3.05) is 6.61 Å². The molecule has 2 aromatic rings. The van der Waals surface area contributed by atoms with Gasteiger partial charge in [-0.05, 0) is 59.1 Å². The van der Waals surface area contributed by atoms with Crippen LogP contribution < -0.4 is 10.2 Å². The van der Waals surface area contributed by atoms with Gasteiger partial charge < -0.3 is 9.15 Å². The highest BCUT2D eigenvalue weighted by Gasteiger charge is 2.05. The van der Waals surface area contributed by atoms with Crippen LogP contribution in [0.5, 0.6) is 5.75 Å². The third-order valence-electron chi connectivity index (χ3n) is 2.91. The number of aryl methyl sites for hydroxylation is 2. The van der Waals surface area contributed by atoms with E-state index >= 15 is 0 Å². The lowest BCUT2D eigenvalue weighted by Crippen LogP contribution is -2.24. The molecule has 0 unspecified atom stereocenters. The van der Waals surface area contributed by atoms with Gasteiger partial charge in [0.25, 0.3) is 5.91 Å². The molecule has 0 aliphatic heterocycles. The highest BCUT2D eigenvalue weighted by atomic mass is 79.9. The normalized spacial score (nSPS) is 10.9. The third-order valence-corrected chi connectivity index (χ3v) is 3.53. The van der Waals surface area contributed by atoms with Crippen LogP contribution in [0.4, 0.5) is 0 Å². The van der Waals surface area contributed by atoms with E-state index in [0.717, 1.165) is 16.7 Å². The standard InChI is InChI=1S/C16H17BrN2O3/c1-3-12-5-7-15(14(17)8-12)21-10-16(20)19-18-9-13-6-4-11(2)22-13/h4-9H,3,10H2,1-2H3,(H,19,20). The van der Waals surface area contributed by atoms with Crippen LogP contribution in [-0.4, -0.2) is 18.7 Å². The van der Waals surface area contributed by atoms with E-state index in [1.54, 1.807) is 6.07 Å². The van der Waals surface area contributed by atoms with Gasteiger partial charge in [0.05, 0.1) is 10.7 Å². The van der Waals surface area contributed by atoms with E-state index in [9.17, 15) is 4.79 Å². The predicted octanol–water partition coefficient (Wildman–Crippen LogP) is 3.44.